The van der Waals surface area contributed by atoms with Crippen LogP contribution in [0.3, 0.4) is 0 Å². The van der Waals surface area contributed by atoms with Crippen molar-refractivity contribution in [2.45, 2.75) is 20.8 Å². The van der Waals surface area contributed by atoms with Gasteiger partial charge in [-0.05, 0) is 57.3 Å². The van der Waals surface area contributed by atoms with Gasteiger partial charge in [-0.2, -0.15) is 0 Å². The summed E-state index contributed by atoms with van der Waals surface area (Å²) in [5, 5.41) is 0. The first-order chi connectivity index (χ1) is 10.1. The summed E-state index contributed by atoms with van der Waals surface area (Å²) in [7, 11) is 0. The summed E-state index contributed by atoms with van der Waals surface area (Å²) in [6.45, 7) is 6.58. The Balaban J connectivity index is 2.40. The number of nitrogens with zero attached hydrogens (tertiary/aromatic N) is 1. The maximum Gasteiger partial charge on any atom is 0.350 e. The first-order valence-electron chi connectivity index (χ1n) is 6.71. The number of carbonyl (C=O) groups is 1. The zero-order chi connectivity index (χ0) is 15.4. The third-order valence-corrected chi connectivity index (χ3v) is 4.36. The second-order valence-corrected chi connectivity index (χ2v) is 5.91. The lowest BCUT2D eigenvalue weighted by molar-refractivity contribution is 0.0531. The number of aromatic nitrogens is 1. The van der Waals surface area contributed by atoms with Gasteiger partial charge in [0.05, 0.1) is 13.2 Å². The van der Waals surface area contributed by atoms with E-state index in [1.165, 1.54) is 11.3 Å². The van der Waals surface area contributed by atoms with Gasteiger partial charge in [-0.25, -0.2) is 4.79 Å². The molecule has 0 aliphatic heterocycles. The summed E-state index contributed by atoms with van der Waals surface area (Å²) >= 11 is 6.64. The normalized spacial score (nSPS) is 10.4. The Kier molecular flexibility index (Phi) is 5.14. The number of thiazole rings is 1. The number of hydrogen-bond acceptors (Lipinski definition) is 5. The SMILES string of the molecule is CCOC(=O)c1sc(=S)n(-c2ccc(OCC)cc2)c1C. The lowest BCUT2D eigenvalue weighted by Gasteiger charge is -2.08. The molecule has 1 aromatic heterocycles. The highest BCUT2D eigenvalue weighted by Gasteiger charge is 2.17. The van der Waals surface area contributed by atoms with Gasteiger partial charge in [0.25, 0.3) is 0 Å². The van der Waals surface area contributed by atoms with E-state index < -0.39 is 0 Å². The van der Waals surface area contributed by atoms with E-state index in [1.54, 1.807) is 6.92 Å². The molecule has 2 aromatic rings. The zero-order valence-corrected chi connectivity index (χ0v) is 13.8. The van der Waals surface area contributed by atoms with Crippen LogP contribution in [0.15, 0.2) is 24.3 Å². The molecule has 1 aromatic carbocycles. The minimum absolute atomic E-state index is 0.323. The van der Waals surface area contributed by atoms with Crippen LogP contribution in [0.2, 0.25) is 0 Å². The van der Waals surface area contributed by atoms with Crippen LogP contribution in [0.4, 0.5) is 0 Å². The van der Waals surface area contributed by atoms with Gasteiger partial charge in [0.2, 0.25) is 0 Å². The Bertz CT molecular complexity index is 686. The minimum Gasteiger partial charge on any atom is -0.494 e. The first kappa shape index (κ1) is 15.7. The summed E-state index contributed by atoms with van der Waals surface area (Å²) in [6, 6.07) is 7.63. The number of esters is 1. The highest BCUT2D eigenvalue weighted by molar-refractivity contribution is 7.73. The van der Waals surface area contributed by atoms with Crippen molar-refractivity contribution in [2.75, 3.05) is 13.2 Å². The van der Waals surface area contributed by atoms with Crippen LogP contribution in [0.1, 0.15) is 29.2 Å². The number of benzene rings is 1. The van der Waals surface area contributed by atoms with E-state index in [-0.39, 0.29) is 5.97 Å². The van der Waals surface area contributed by atoms with E-state index in [4.69, 9.17) is 21.7 Å². The van der Waals surface area contributed by atoms with Crippen molar-refractivity contribution in [3.05, 3.63) is 38.8 Å². The first-order valence-corrected chi connectivity index (χ1v) is 7.93. The average Bonchev–Trinajstić information content (AvgIpc) is 2.76. The molecule has 0 saturated heterocycles. The fourth-order valence-electron chi connectivity index (χ4n) is 1.99. The maximum atomic E-state index is 11.9. The summed E-state index contributed by atoms with van der Waals surface area (Å²) in [5.41, 5.74) is 1.71. The molecule has 0 aliphatic carbocycles. The molecule has 112 valence electrons. The van der Waals surface area contributed by atoms with Gasteiger partial charge >= 0.3 is 5.97 Å². The van der Waals surface area contributed by atoms with Crippen LogP contribution in [0.25, 0.3) is 5.69 Å². The van der Waals surface area contributed by atoms with Gasteiger partial charge in [0, 0.05) is 11.4 Å². The molecule has 0 unspecified atom stereocenters. The fraction of sp³-hybridized carbons (Fsp3) is 0.333. The molecule has 0 amide bonds. The second kappa shape index (κ2) is 6.87. The van der Waals surface area contributed by atoms with Gasteiger partial charge in [-0.15, -0.1) is 0 Å². The molecule has 0 saturated carbocycles. The molecule has 0 atom stereocenters. The van der Waals surface area contributed by atoms with Crippen molar-refractivity contribution in [1.82, 2.24) is 4.57 Å². The van der Waals surface area contributed by atoms with Gasteiger partial charge in [-0.3, -0.25) is 4.57 Å². The highest BCUT2D eigenvalue weighted by atomic mass is 32.1. The Morgan fingerprint density at radius 3 is 2.48 bits per heavy atom. The lowest BCUT2D eigenvalue weighted by Crippen LogP contribution is -2.06. The molecule has 4 nitrogen and oxygen atoms in total. The molecular formula is C15H17NO3S2. The molecule has 0 radical (unpaired) electrons. The fourth-order valence-corrected chi connectivity index (χ4v) is 3.37. The van der Waals surface area contributed by atoms with Crippen molar-refractivity contribution in [3.8, 4) is 11.4 Å². The van der Waals surface area contributed by atoms with Crippen molar-refractivity contribution in [3.63, 3.8) is 0 Å². The number of ether oxygens (including phenoxy) is 2. The standard InChI is InChI=1S/C15H17NO3S2/c1-4-18-12-8-6-11(7-9-12)16-10(3)13(21-15(16)20)14(17)19-5-2/h6-9H,4-5H2,1-3H3. The smallest absolute Gasteiger partial charge is 0.350 e. The van der Waals surface area contributed by atoms with Gasteiger partial charge in [0.1, 0.15) is 10.6 Å². The number of rotatable bonds is 5. The highest BCUT2D eigenvalue weighted by Crippen LogP contribution is 2.25. The Hall–Kier alpha value is -1.66. The van der Waals surface area contributed by atoms with Crippen molar-refractivity contribution in [2.24, 2.45) is 0 Å². The van der Waals surface area contributed by atoms with Gasteiger partial charge in [-0.1, -0.05) is 11.3 Å². The summed E-state index contributed by atoms with van der Waals surface area (Å²) in [5.74, 6) is 0.488. The predicted molar refractivity (Wildman–Crippen MR) is 86.3 cm³/mol. The lowest BCUT2D eigenvalue weighted by atomic mass is 10.3. The molecular weight excluding hydrogens is 306 g/mol. The Labute approximate surface area is 132 Å². The van der Waals surface area contributed by atoms with Crippen LogP contribution < -0.4 is 4.74 Å². The number of hydrogen-bond donors (Lipinski definition) is 0. The molecule has 2 rings (SSSR count). The third-order valence-electron chi connectivity index (χ3n) is 2.90. The van der Waals surface area contributed by atoms with Crippen LogP contribution in [-0.2, 0) is 4.74 Å². The minimum atomic E-state index is -0.323. The van der Waals surface area contributed by atoms with Crippen molar-refractivity contribution < 1.29 is 14.3 Å². The van der Waals surface area contributed by atoms with E-state index >= 15 is 0 Å². The molecule has 0 fully saturated rings. The van der Waals surface area contributed by atoms with Crippen LogP contribution in [-0.4, -0.2) is 23.8 Å². The maximum absolute atomic E-state index is 11.9. The van der Waals surface area contributed by atoms with Crippen LogP contribution in [0, 0.1) is 10.9 Å². The van der Waals surface area contributed by atoms with E-state index in [1.807, 2.05) is 42.7 Å². The summed E-state index contributed by atoms with van der Waals surface area (Å²) in [4.78, 5) is 12.5. The van der Waals surface area contributed by atoms with E-state index in [0.29, 0.717) is 22.0 Å². The van der Waals surface area contributed by atoms with Crippen molar-refractivity contribution in [1.29, 1.82) is 0 Å². The van der Waals surface area contributed by atoms with Crippen LogP contribution in [0.5, 0.6) is 5.75 Å². The Morgan fingerprint density at radius 2 is 1.90 bits per heavy atom. The quantitative estimate of drug-likeness (QED) is 0.612. The topological polar surface area (TPSA) is 40.5 Å². The largest absolute Gasteiger partial charge is 0.494 e. The summed E-state index contributed by atoms with van der Waals surface area (Å²) in [6.07, 6.45) is 0. The molecule has 0 spiro atoms. The van der Waals surface area contributed by atoms with E-state index in [0.717, 1.165) is 17.1 Å². The van der Waals surface area contributed by atoms with Gasteiger partial charge < -0.3 is 9.47 Å². The summed E-state index contributed by atoms with van der Waals surface area (Å²) < 4.78 is 13.0. The second-order valence-electron chi connectivity index (χ2n) is 4.27. The van der Waals surface area contributed by atoms with Crippen LogP contribution >= 0.6 is 23.6 Å². The predicted octanol–water partition coefficient (Wildman–Crippen LogP) is 4.15. The average molecular weight is 323 g/mol. The molecule has 21 heavy (non-hydrogen) atoms. The van der Waals surface area contributed by atoms with E-state index in [9.17, 15) is 4.79 Å². The zero-order valence-electron chi connectivity index (χ0n) is 12.2. The molecule has 0 N–H and O–H groups in total. The molecule has 0 aliphatic rings. The monoisotopic (exact) mass is 323 g/mol. The molecule has 0 bridgehead atoms. The van der Waals surface area contributed by atoms with Gasteiger partial charge in [0.15, 0.2) is 3.95 Å². The Morgan fingerprint density at radius 1 is 1.24 bits per heavy atom. The molecule has 1 heterocycles. The third kappa shape index (κ3) is 3.33. The van der Waals surface area contributed by atoms with E-state index in [2.05, 4.69) is 0 Å². The molecule has 6 heteroatoms. The van der Waals surface area contributed by atoms with Crippen molar-refractivity contribution >= 4 is 29.5 Å². The number of carbonyl (C=O) groups excluding carboxylic acids is 1.